The second-order valence-electron chi connectivity index (χ2n) is 6.76. The summed E-state index contributed by atoms with van der Waals surface area (Å²) in [5.74, 6) is 0. The highest BCUT2D eigenvalue weighted by Crippen LogP contribution is 2.28. The molecule has 0 fully saturated rings. The first-order chi connectivity index (χ1) is 13.5. The molecule has 0 aliphatic carbocycles. The lowest BCUT2D eigenvalue weighted by atomic mass is 10.2. The number of nitrogens with one attached hydrogen (secondary N) is 2. The Hall–Kier alpha value is -2.27. The molecular weight excluding hydrogens is 430 g/mol. The van der Waals surface area contributed by atoms with Crippen molar-refractivity contribution in [2.45, 2.75) is 29.7 Å². The van der Waals surface area contributed by atoms with E-state index in [-0.39, 0.29) is 15.8 Å². The first-order valence-electron chi connectivity index (χ1n) is 8.70. The maximum absolute atomic E-state index is 12.2. The van der Waals surface area contributed by atoms with Gasteiger partial charge in [0, 0.05) is 28.9 Å². The number of hydrogen-bond donors (Lipinski definition) is 2. The van der Waals surface area contributed by atoms with E-state index in [2.05, 4.69) is 15.0 Å². The van der Waals surface area contributed by atoms with Crippen molar-refractivity contribution >= 4 is 42.0 Å². The minimum absolute atomic E-state index is 0.182. The van der Waals surface area contributed by atoms with Gasteiger partial charge < -0.3 is 5.32 Å². The largest absolute Gasteiger partial charge is 0.332 e. The summed E-state index contributed by atoms with van der Waals surface area (Å²) in [5.41, 5.74) is 2.23. The van der Waals surface area contributed by atoms with E-state index >= 15 is 0 Å². The predicted molar refractivity (Wildman–Crippen MR) is 116 cm³/mol. The third-order valence-corrected chi connectivity index (χ3v) is 7.45. The van der Waals surface area contributed by atoms with E-state index in [0.717, 1.165) is 17.5 Å². The number of sulfone groups is 1. The van der Waals surface area contributed by atoms with Crippen molar-refractivity contribution in [3.63, 3.8) is 0 Å². The average Bonchev–Trinajstić information content (AvgIpc) is 3.09. The van der Waals surface area contributed by atoms with Crippen LogP contribution in [0.25, 0.3) is 11.3 Å². The van der Waals surface area contributed by atoms with Gasteiger partial charge in [-0.2, -0.15) is 0 Å². The van der Waals surface area contributed by atoms with Crippen LogP contribution < -0.4 is 10.0 Å². The van der Waals surface area contributed by atoms with Crippen molar-refractivity contribution in [1.82, 2.24) is 9.71 Å². The summed E-state index contributed by atoms with van der Waals surface area (Å²) in [7, 11) is -6.76. The highest BCUT2D eigenvalue weighted by molar-refractivity contribution is 7.90. The summed E-state index contributed by atoms with van der Waals surface area (Å²) in [4.78, 5) is 4.97. The Morgan fingerprint density at radius 1 is 0.897 bits per heavy atom. The average molecular weight is 452 g/mol. The van der Waals surface area contributed by atoms with Crippen molar-refractivity contribution in [2.75, 3.05) is 11.6 Å². The standard InChI is InChI=1S/C19H21N3O4S3/c1-13(2)22-29(25,26)17-8-4-14(5-9-17)18-12-27-19(21-18)20-15-6-10-16(11-7-15)28(3,23)24/h4-13,22H,1-3H3,(H,20,21). The molecule has 1 heterocycles. The summed E-state index contributed by atoms with van der Waals surface area (Å²) in [6.07, 6.45) is 1.16. The van der Waals surface area contributed by atoms with E-state index < -0.39 is 19.9 Å². The number of rotatable bonds is 7. The zero-order valence-electron chi connectivity index (χ0n) is 16.1. The molecule has 0 bridgehead atoms. The van der Waals surface area contributed by atoms with E-state index in [1.54, 1.807) is 50.2 Å². The van der Waals surface area contributed by atoms with E-state index in [1.165, 1.54) is 23.5 Å². The summed E-state index contributed by atoms with van der Waals surface area (Å²) in [5, 5.41) is 5.64. The fourth-order valence-electron chi connectivity index (χ4n) is 2.56. The van der Waals surface area contributed by atoms with Crippen molar-refractivity contribution in [2.24, 2.45) is 0 Å². The lowest BCUT2D eigenvalue weighted by Crippen LogP contribution is -2.30. The molecule has 0 radical (unpaired) electrons. The monoisotopic (exact) mass is 451 g/mol. The zero-order chi connectivity index (χ0) is 21.2. The van der Waals surface area contributed by atoms with Crippen LogP contribution in [0.2, 0.25) is 0 Å². The third-order valence-electron chi connectivity index (χ3n) is 3.89. The first-order valence-corrected chi connectivity index (χ1v) is 13.0. The Labute approximate surface area is 174 Å². The van der Waals surface area contributed by atoms with Gasteiger partial charge in [-0.05, 0) is 50.2 Å². The normalized spacial score (nSPS) is 12.3. The number of aromatic nitrogens is 1. The smallest absolute Gasteiger partial charge is 0.240 e. The second kappa shape index (κ2) is 8.23. The van der Waals surface area contributed by atoms with Crippen LogP contribution in [0.1, 0.15) is 13.8 Å². The maximum Gasteiger partial charge on any atom is 0.240 e. The molecule has 29 heavy (non-hydrogen) atoms. The Bertz CT molecular complexity index is 1200. The van der Waals surface area contributed by atoms with Crippen molar-refractivity contribution < 1.29 is 16.8 Å². The van der Waals surface area contributed by atoms with Crippen LogP contribution >= 0.6 is 11.3 Å². The fraction of sp³-hybridized carbons (Fsp3) is 0.211. The van der Waals surface area contributed by atoms with Crippen LogP contribution in [-0.2, 0) is 19.9 Å². The Morgan fingerprint density at radius 3 is 2.03 bits per heavy atom. The van der Waals surface area contributed by atoms with Gasteiger partial charge >= 0.3 is 0 Å². The minimum atomic E-state index is -3.53. The molecule has 3 aromatic rings. The number of hydrogen-bond acceptors (Lipinski definition) is 7. The van der Waals surface area contributed by atoms with E-state index in [0.29, 0.717) is 10.8 Å². The summed E-state index contributed by atoms with van der Waals surface area (Å²) in [6, 6.07) is 12.8. The Kier molecular flexibility index (Phi) is 6.08. The number of anilines is 2. The molecule has 0 saturated heterocycles. The molecular formula is C19H21N3O4S3. The fourth-order valence-corrected chi connectivity index (χ4v) is 5.18. The van der Waals surface area contributed by atoms with Crippen LogP contribution in [0.15, 0.2) is 63.7 Å². The van der Waals surface area contributed by atoms with Crippen LogP contribution in [0.5, 0.6) is 0 Å². The highest BCUT2D eigenvalue weighted by atomic mass is 32.2. The molecule has 0 saturated carbocycles. The quantitative estimate of drug-likeness (QED) is 0.568. The molecule has 0 aliphatic heterocycles. The molecule has 0 atom stereocenters. The molecule has 0 unspecified atom stereocenters. The van der Waals surface area contributed by atoms with Crippen LogP contribution in [0, 0.1) is 0 Å². The predicted octanol–water partition coefficient (Wildman–Crippen LogP) is 3.64. The second-order valence-corrected chi connectivity index (χ2v) is 11.3. The molecule has 10 heteroatoms. The van der Waals surface area contributed by atoms with Gasteiger partial charge in [0.15, 0.2) is 15.0 Å². The SMILES string of the molecule is CC(C)NS(=O)(=O)c1ccc(-c2csc(Nc3ccc(S(C)(=O)=O)cc3)n2)cc1. The maximum atomic E-state index is 12.2. The van der Waals surface area contributed by atoms with E-state index in [1.807, 2.05) is 5.38 Å². The molecule has 0 amide bonds. The van der Waals surface area contributed by atoms with E-state index in [9.17, 15) is 16.8 Å². The topological polar surface area (TPSA) is 105 Å². The molecule has 0 spiro atoms. The summed E-state index contributed by atoms with van der Waals surface area (Å²) >= 11 is 1.40. The first kappa shape index (κ1) is 21.4. The number of benzene rings is 2. The van der Waals surface area contributed by atoms with Gasteiger partial charge in [-0.3, -0.25) is 0 Å². The highest BCUT2D eigenvalue weighted by Gasteiger charge is 2.15. The number of thiazole rings is 1. The van der Waals surface area contributed by atoms with Crippen molar-refractivity contribution in [1.29, 1.82) is 0 Å². The number of sulfonamides is 1. The Balaban J connectivity index is 1.74. The molecule has 2 aromatic carbocycles. The van der Waals surface area contributed by atoms with Crippen LogP contribution in [0.3, 0.4) is 0 Å². The van der Waals surface area contributed by atoms with Crippen LogP contribution in [0.4, 0.5) is 10.8 Å². The molecule has 2 N–H and O–H groups in total. The van der Waals surface area contributed by atoms with E-state index in [4.69, 9.17) is 0 Å². The molecule has 3 rings (SSSR count). The number of nitrogens with zero attached hydrogens (tertiary/aromatic N) is 1. The van der Waals surface area contributed by atoms with Crippen molar-refractivity contribution in [3.8, 4) is 11.3 Å². The van der Waals surface area contributed by atoms with Crippen LogP contribution in [-0.4, -0.2) is 34.1 Å². The lowest BCUT2D eigenvalue weighted by molar-refractivity contribution is 0.570. The van der Waals surface area contributed by atoms with Gasteiger partial charge in [-0.1, -0.05) is 12.1 Å². The van der Waals surface area contributed by atoms with Gasteiger partial charge in [0.25, 0.3) is 0 Å². The molecule has 7 nitrogen and oxygen atoms in total. The molecule has 0 aliphatic rings. The summed E-state index contributed by atoms with van der Waals surface area (Å²) < 4.78 is 50.0. The Morgan fingerprint density at radius 2 is 1.48 bits per heavy atom. The molecule has 154 valence electrons. The lowest BCUT2D eigenvalue weighted by Gasteiger charge is -2.09. The molecule has 1 aromatic heterocycles. The van der Waals surface area contributed by atoms with Gasteiger partial charge in [-0.25, -0.2) is 26.5 Å². The third kappa shape index (κ3) is 5.41. The summed E-state index contributed by atoms with van der Waals surface area (Å²) in [6.45, 7) is 3.54. The minimum Gasteiger partial charge on any atom is -0.332 e. The van der Waals surface area contributed by atoms with Gasteiger partial charge in [-0.15, -0.1) is 11.3 Å². The van der Waals surface area contributed by atoms with Gasteiger partial charge in [0.1, 0.15) is 0 Å². The van der Waals surface area contributed by atoms with Gasteiger partial charge in [0.2, 0.25) is 10.0 Å². The van der Waals surface area contributed by atoms with Gasteiger partial charge in [0.05, 0.1) is 15.5 Å². The van der Waals surface area contributed by atoms with Crippen molar-refractivity contribution in [3.05, 3.63) is 53.9 Å². The zero-order valence-corrected chi connectivity index (χ0v) is 18.5.